The first kappa shape index (κ1) is 17.2. The summed E-state index contributed by atoms with van der Waals surface area (Å²) in [5.41, 5.74) is 1.42. The van der Waals surface area contributed by atoms with Crippen molar-refractivity contribution in [1.82, 2.24) is 20.2 Å². The summed E-state index contributed by atoms with van der Waals surface area (Å²) < 4.78 is 17.3. The summed E-state index contributed by atoms with van der Waals surface area (Å²) in [5, 5.41) is 15.0. The standard InChI is InChI=1S/C17H15N5O4S/c1-24-13-5-3-12(4-6-13)22-17(19-20-21-22)27-9-16(23)18-11-2-7-14-15(8-11)26-10-25-14/h2-8H,9-10H2,1H3,(H,18,23). The molecule has 1 aliphatic rings. The summed E-state index contributed by atoms with van der Waals surface area (Å²) in [6.45, 7) is 0.191. The maximum Gasteiger partial charge on any atom is 0.234 e. The smallest absolute Gasteiger partial charge is 0.234 e. The van der Waals surface area contributed by atoms with Crippen LogP contribution >= 0.6 is 11.8 Å². The number of aromatic nitrogens is 4. The van der Waals surface area contributed by atoms with Gasteiger partial charge in [0.15, 0.2) is 11.5 Å². The fourth-order valence-corrected chi connectivity index (χ4v) is 3.15. The average molecular weight is 385 g/mol. The van der Waals surface area contributed by atoms with Crippen molar-refractivity contribution in [3.8, 4) is 22.9 Å². The van der Waals surface area contributed by atoms with Crippen LogP contribution in [0.4, 0.5) is 5.69 Å². The van der Waals surface area contributed by atoms with Gasteiger partial charge in [0.25, 0.3) is 0 Å². The third-order valence-electron chi connectivity index (χ3n) is 3.75. The molecule has 2 heterocycles. The molecule has 1 aromatic heterocycles. The molecule has 0 aliphatic carbocycles. The van der Waals surface area contributed by atoms with E-state index in [2.05, 4.69) is 20.8 Å². The monoisotopic (exact) mass is 385 g/mol. The summed E-state index contributed by atoms with van der Waals surface area (Å²) in [6, 6.07) is 12.6. The predicted octanol–water partition coefficient (Wildman–Crippen LogP) is 2.13. The highest BCUT2D eigenvalue weighted by molar-refractivity contribution is 7.99. The minimum atomic E-state index is -0.178. The van der Waals surface area contributed by atoms with Crippen molar-refractivity contribution in [3.63, 3.8) is 0 Å². The Labute approximate surface area is 158 Å². The van der Waals surface area contributed by atoms with Crippen LogP contribution < -0.4 is 19.5 Å². The number of carbonyl (C=O) groups is 1. The molecule has 3 aromatic rings. The lowest BCUT2D eigenvalue weighted by molar-refractivity contribution is -0.113. The van der Waals surface area contributed by atoms with E-state index in [0.29, 0.717) is 22.3 Å². The Morgan fingerprint density at radius 2 is 2.04 bits per heavy atom. The molecule has 0 bridgehead atoms. The Morgan fingerprint density at radius 1 is 1.22 bits per heavy atom. The number of hydrogen-bond donors (Lipinski definition) is 1. The van der Waals surface area contributed by atoms with Gasteiger partial charge in [0.05, 0.1) is 18.6 Å². The number of hydrogen-bond acceptors (Lipinski definition) is 8. The summed E-state index contributed by atoms with van der Waals surface area (Å²) in [5.74, 6) is 2.00. The molecule has 2 aromatic carbocycles. The molecular weight excluding hydrogens is 370 g/mol. The minimum absolute atomic E-state index is 0.158. The highest BCUT2D eigenvalue weighted by Gasteiger charge is 2.15. The third kappa shape index (κ3) is 3.80. The van der Waals surface area contributed by atoms with Gasteiger partial charge in [-0.15, -0.1) is 5.10 Å². The van der Waals surface area contributed by atoms with Crippen LogP contribution in [0, 0.1) is 0 Å². The summed E-state index contributed by atoms with van der Waals surface area (Å²) in [6.07, 6.45) is 0. The first-order valence-corrected chi connectivity index (χ1v) is 8.96. The minimum Gasteiger partial charge on any atom is -0.497 e. The summed E-state index contributed by atoms with van der Waals surface area (Å²) >= 11 is 1.24. The number of ether oxygens (including phenoxy) is 3. The largest absolute Gasteiger partial charge is 0.497 e. The van der Waals surface area contributed by atoms with Crippen molar-refractivity contribution >= 4 is 23.4 Å². The van der Waals surface area contributed by atoms with E-state index in [-0.39, 0.29) is 18.5 Å². The van der Waals surface area contributed by atoms with Gasteiger partial charge in [-0.1, -0.05) is 11.8 Å². The molecule has 138 valence electrons. The zero-order chi connectivity index (χ0) is 18.6. The van der Waals surface area contributed by atoms with E-state index in [9.17, 15) is 4.79 Å². The quantitative estimate of drug-likeness (QED) is 0.644. The Hall–Kier alpha value is -3.27. The number of tetrazole rings is 1. The van der Waals surface area contributed by atoms with E-state index in [4.69, 9.17) is 14.2 Å². The molecule has 0 unspecified atom stereocenters. The van der Waals surface area contributed by atoms with Crippen LogP contribution in [0.1, 0.15) is 0 Å². The topological polar surface area (TPSA) is 100 Å². The fourth-order valence-electron chi connectivity index (χ4n) is 2.46. The van der Waals surface area contributed by atoms with E-state index in [0.717, 1.165) is 11.4 Å². The van der Waals surface area contributed by atoms with Gasteiger partial charge < -0.3 is 19.5 Å². The van der Waals surface area contributed by atoms with E-state index >= 15 is 0 Å². The Bertz CT molecular complexity index is 960. The lowest BCUT2D eigenvalue weighted by Gasteiger charge is -2.07. The number of anilines is 1. The maximum absolute atomic E-state index is 12.2. The number of nitrogens with zero attached hydrogens (tertiary/aromatic N) is 4. The molecule has 0 saturated heterocycles. The molecule has 0 spiro atoms. The zero-order valence-electron chi connectivity index (χ0n) is 14.3. The Balaban J connectivity index is 1.39. The maximum atomic E-state index is 12.2. The van der Waals surface area contributed by atoms with Gasteiger partial charge in [0.2, 0.25) is 17.9 Å². The van der Waals surface area contributed by atoms with Crippen molar-refractivity contribution < 1.29 is 19.0 Å². The van der Waals surface area contributed by atoms with Gasteiger partial charge >= 0.3 is 0 Å². The number of fused-ring (bicyclic) bond motifs is 1. The van der Waals surface area contributed by atoms with Crippen molar-refractivity contribution in [2.45, 2.75) is 5.16 Å². The SMILES string of the molecule is COc1ccc(-n2nnnc2SCC(=O)Nc2ccc3c(c2)OCO3)cc1. The third-order valence-corrected chi connectivity index (χ3v) is 4.67. The van der Waals surface area contributed by atoms with E-state index in [1.165, 1.54) is 11.8 Å². The number of amides is 1. The number of benzene rings is 2. The van der Waals surface area contributed by atoms with Crippen molar-refractivity contribution in [1.29, 1.82) is 0 Å². The van der Waals surface area contributed by atoms with Crippen LogP contribution in [0.2, 0.25) is 0 Å². The molecule has 0 atom stereocenters. The fraction of sp³-hybridized carbons (Fsp3) is 0.176. The highest BCUT2D eigenvalue weighted by Crippen LogP contribution is 2.34. The molecule has 0 saturated carbocycles. The highest BCUT2D eigenvalue weighted by atomic mass is 32.2. The Kier molecular flexibility index (Phi) is 4.79. The molecule has 1 N–H and O–H groups in total. The van der Waals surface area contributed by atoms with Crippen LogP contribution in [0.5, 0.6) is 17.2 Å². The van der Waals surface area contributed by atoms with Crippen molar-refractivity contribution in [2.24, 2.45) is 0 Å². The second-order valence-electron chi connectivity index (χ2n) is 5.48. The molecule has 1 aliphatic heterocycles. The number of rotatable bonds is 6. The Morgan fingerprint density at radius 3 is 2.85 bits per heavy atom. The number of methoxy groups -OCH3 is 1. The average Bonchev–Trinajstić information content (AvgIpc) is 3.35. The van der Waals surface area contributed by atoms with Crippen LogP contribution in [-0.2, 0) is 4.79 Å². The summed E-state index contributed by atoms with van der Waals surface area (Å²) in [4.78, 5) is 12.2. The van der Waals surface area contributed by atoms with Crippen molar-refractivity contribution in [3.05, 3.63) is 42.5 Å². The first-order valence-electron chi connectivity index (χ1n) is 7.98. The lowest BCUT2D eigenvalue weighted by Crippen LogP contribution is -2.14. The van der Waals surface area contributed by atoms with Gasteiger partial charge in [-0.2, -0.15) is 4.68 Å². The summed E-state index contributed by atoms with van der Waals surface area (Å²) in [7, 11) is 1.60. The zero-order valence-corrected chi connectivity index (χ0v) is 15.1. The number of thioether (sulfide) groups is 1. The molecule has 0 radical (unpaired) electrons. The van der Waals surface area contributed by atoms with E-state index < -0.39 is 0 Å². The van der Waals surface area contributed by atoms with E-state index in [1.807, 2.05) is 24.3 Å². The normalized spacial score (nSPS) is 12.0. The van der Waals surface area contributed by atoms with Gasteiger partial charge in [0, 0.05) is 11.8 Å². The van der Waals surface area contributed by atoms with Gasteiger partial charge in [-0.3, -0.25) is 4.79 Å². The second kappa shape index (κ2) is 7.54. The molecule has 10 heteroatoms. The van der Waals surface area contributed by atoms with Crippen LogP contribution in [0.15, 0.2) is 47.6 Å². The molecule has 1 amide bonds. The van der Waals surface area contributed by atoms with Crippen molar-refractivity contribution in [2.75, 3.05) is 25.0 Å². The van der Waals surface area contributed by atoms with Gasteiger partial charge in [0.1, 0.15) is 5.75 Å². The second-order valence-corrected chi connectivity index (χ2v) is 6.42. The molecule has 4 rings (SSSR count). The van der Waals surface area contributed by atoms with Gasteiger partial charge in [-0.05, 0) is 46.8 Å². The number of carbonyl (C=O) groups excluding carboxylic acids is 1. The van der Waals surface area contributed by atoms with Crippen LogP contribution in [0.3, 0.4) is 0 Å². The molecule has 9 nitrogen and oxygen atoms in total. The lowest BCUT2D eigenvalue weighted by atomic mass is 10.3. The number of nitrogens with one attached hydrogen (secondary N) is 1. The predicted molar refractivity (Wildman–Crippen MR) is 97.6 cm³/mol. The molecule has 27 heavy (non-hydrogen) atoms. The van der Waals surface area contributed by atoms with Crippen LogP contribution in [0.25, 0.3) is 5.69 Å². The van der Waals surface area contributed by atoms with E-state index in [1.54, 1.807) is 30.0 Å². The van der Waals surface area contributed by atoms with Gasteiger partial charge in [-0.25, -0.2) is 0 Å². The molecular formula is C17H15N5O4S. The van der Waals surface area contributed by atoms with Crippen LogP contribution in [-0.4, -0.2) is 45.8 Å². The molecule has 0 fully saturated rings. The first-order chi connectivity index (χ1) is 13.2.